The summed E-state index contributed by atoms with van der Waals surface area (Å²) >= 11 is 0. The summed E-state index contributed by atoms with van der Waals surface area (Å²) in [7, 11) is -2.70. The van der Waals surface area contributed by atoms with Crippen LogP contribution in [0.4, 0.5) is 5.69 Å². The van der Waals surface area contributed by atoms with Gasteiger partial charge in [-0.05, 0) is 53.6 Å². The normalized spacial score (nSPS) is 11.8. The second kappa shape index (κ2) is 11.5. The second-order valence-corrected chi connectivity index (χ2v) is 9.24. The predicted octanol–water partition coefficient (Wildman–Crippen LogP) is 2.79. The molecule has 0 heterocycles. The van der Waals surface area contributed by atoms with Crippen LogP contribution in [0.1, 0.15) is 15.9 Å². The first-order chi connectivity index (χ1) is 17.1. The van der Waals surface area contributed by atoms with Crippen molar-refractivity contribution >= 4 is 33.5 Å². The molecular formula is C25H25N3O7S. The Balaban J connectivity index is 1.77. The third-order valence-corrected chi connectivity index (χ3v) is 5.42. The SMILES string of the molecule is COC(COc1ccc(-c2ccccc2)c(C(=O)OS(C)(=O)=O)c1)C(=O)Nc1ccc(C(=N)N)cc1. The smallest absolute Gasteiger partial charge is 0.354 e. The van der Waals surface area contributed by atoms with E-state index in [2.05, 4.69) is 9.50 Å². The largest absolute Gasteiger partial charge is 0.490 e. The monoisotopic (exact) mass is 511 g/mol. The molecule has 0 fully saturated rings. The molecule has 3 aromatic rings. The van der Waals surface area contributed by atoms with Gasteiger partial charge in [-0.3, -0.25) is 10.2 Å². The molecule has 10 nitrogen and oxygen atoms in total. The molecule has 0 saturated heterocycles. The summed E-state index contributed by atoms with van der Waals surface area (Å²) in [5.74, 6) is -1.42. The number of hydrogen-bond donors (Lipinski definition) is 3. The molecule has 1 atom stereocenters. The highest BCUT2D eigenvalue weighted by molar-refractivity contribution is 7.86. The molecule has 0 aliphatic heterocycles. The van der Waals surface area contributed by atoms with Crippen molar-refractivity contribution in [2.24, 2.45) is 5.73 Å². The maximum atomic E-state index is 12.6. The molecule has 0 aromatic heterocycles. The van der Waals surface area contributed by atoms with Crippen molar-refractivity contribution in [2.75, 3.05) is 25.3 Å². The number of carbonyl (C=O) groups excluding carboxylic acids is 2. The van der Waals surface area contributed by atoms with Crippen LogP contribution in [0, 0.1) is 5.41 Å². The molecule has 36 heavy (non-hydrogen) atoms. The number of amidine groups is 1. The summed E-state index contributed by atoms with van der Waals surface area (Å²) in [6.45, 7) is -0.195. The summed E-state index contributed by atoms with van der Waals surface area (Å²) in [5, 5.41) is 10.1. The fourth-order valence-corrected chi connectivity index (χ4v) is 3.58. The van der Waals surface area contributed by atoms with Crippen LogP contribution in [0.3, 0.4) is 0 Å². The topological polar surface area (TPSA) is 158 Å². The Morgan fingerprint density at radius 3 is 2.28 bits per heavy atom. The number of rotatable bonds is 10. The zero-order chi connectivity index (χ0) is 26.3. The number of nitrogens with one attached hydrogen (secondary N) is 2. The van der Waals surface area contributed by atoms with E-state index < -0.39 is 28.1 Å². The molecule has 4 N–H and O–H groups in total. The van der Waals surface area contributed by atoms with Gasteiger partial charge in [-0.25, -0.2) is 4.79 Å². The Hall–Kier alpha value is -4.22. The van der Waals surface area contributed by atoms with E-state index >= 15 is 0 Å². The van der Waals surface area contributed by atoms with Crippen LogP contribution >= 0.6 is 0 Å². The molecule has 0 bridgehead atoms. The average molecular weight is 512 g/mol. The molecule has 1 unspecified atom stereocenters. The summed E-state index contributed by atoms with van der Waals surface area (Å²) < 4.78 is 38.6. The Labute approximate surface area is 208 Å². The fraction of sp³-hybridized carbons (Fsp3) is 0.160. The van der Waals surface area contributed by atoms with Gasteiger partial charge in [0.05, 0.1) is 11.8 Å². The minimum absolute atomic E-state index is 0.0203. The Morgan fingerprint density at radius 1 is 1.03 bits per heavy atom. The summed E-state index contributed by atoms with van der Waals surface area (Å²) in [4.78, 5) is 25.2. The standard InChI is InChI=1S/C25H25N3O7S/c1-33-22(24(29)28-18-10-8-17(9-11-18)23(26)27)15-34-19-12-13-20(16-6-4-3-5-7-16)21(14-19)25(30)35-36(2,31)32/h3-14,22H,15H2,1-2H3,(H3,26,27)(H,28,29). The van der Waals surface area contributed by atoms with E-state index in [-0.39, 0.29) is 23.8 Å². The summed E-state index contributed by atoms with van der Waals surface area (Å²) in [6, 6.07) is 19.8. The van der Waals surface area contributed by atoms with Crippen LogP contribution in [0.15, 0.2) is 72.8 Å². The molecule has 3 rings (SSSR count). The van der Waals surface area contributed by atoms with Crippen LogP contribution in [0.5, 0.6) is 5.75 Å². The Kier molecular flexibility index (Phi) is 8.41. The van der Waals surface area contributed by atoms with Crippen molar-refractivity contribution in [1.82, 2.24) is 0 Å². The molecule has 0 spiro atoms. The van der Waals surface area contributed by atoms with Crippen molar-refractivity contribution in [3.05, 3.63) is 83.9 Å². The lowest BCUT2D eigenvalue weighted by molar-refractivity contribution is -0.127. The number of hydrogen-bond acceptors (Lipinski definition) is 8. The molecule has 0 saturated carbocycles. The zero-order valence-electron chi connectivity index (χ0n) is 19.6. The van der Waals surface area contributed by atoms with Gasteiger partial charge in [0.25, 0.3) is 5.91 Å². The third kappa shape index (κ3) is 7.14. The number of nitrogen functional groups attached to an aromatic ring is 1. The maximum absolute atomic E-state index is 12.6. The van der Waals surface area contributed by atoms with Crippen LogP contribution in [-0.4, -0.2) is 52.2 Å². The highest BCUT2D eigenvalue weighted by Crippen LogP contribution is 2.28. The molecule has 11 heteroatoms. The number of ether oxygens (including phenoxy) is 2. The van der Waals surface area contributed by atoms with Crippen molar-refractivity contribution in [1.29, 1.82) is 5.41 Å². The van der Waals surface area contributed by atoms with Crippen molar-refractivity contribution in [3.8, 4) is 16.9 Å². The number of benzene rings is 3. The Morgan fingerprint density at radius 2 is 1.69 bits per heavy atom. The zero-order valence-corrected chi connectivity index (χ0v) is 20.4. The highest BCUT2D eigenvalue weighted by atomic mass is 32.2. The predicted molar refractivity (Wildman–Crippen MR) is 135 cm³/mol. The summed E-state index contributed by atoms with van der Waals surface area (Å²) in [6.07, 6.45) is -0.221. The van der Waals surface area contributed by atoms with Crippen LogP contribution < -0.4 is 15.8 Å². The average Bonchev–Trinajstić information content (AvgIpc) is 2.84. The van der Waals surface area contributed by atoms with Gasteiger partial charge < -0.3 is 24.7 Å². The van der Waals surface area contributed by atoms with Crippen LogP contribution in [-0.2, 0) is 23.8 Å². The number of carbonyl (C=O) groups is 2. The van der Waals surface area contributed by atoms with E-state index in [4.69, 9.17) is 20.6 Å². The lowest BCUT2D eigenvalue weighted by Crippen LogP contribution is -2.34. The minimum atomic E-state index is -4.04. The number of amides is 1. The van der Waals surface area contributed by atoms with Gasteiger partial charge in [-0.2, -0.15) is 8.42 Å². The van der Waals surface area contributed by atoms with Gasteiger partial charge in [0.15, 0.2) is 6.10 Å². The van der Waals surface area contributed by atoms with E-state index in [1.54, 1.807) is 60.7 Å². The quantitative estimate of drug-likeness (QED) is 0.213. The van der Waals surface area contributed by atoms with Gasteiger partial charge in [-0.15, -0.1) is 0 Å². The van der Waals surface area contributed by atoms with E-state index in [9.17, 15) is 18.0 Å². The first kappa shape index (κ1) is 26.4. The number of anilines is 1. The molecule has 0 aliphatic carbocycles. The van der Waals surface area contributed by atoms with E-state index in [0.717, 1.165) is 6.26 Å². The highest BCUT2D eigenvalue weighted by Gasteiger charge is 2.22. The van der Waals surface area contributed by atoms with Crippen molar-refractivity contribution < 1.29 is 31.7 Å². The molecule has 0 aliphatic rings. The Bertz CT molecular complexity index is 1360. The molecular weight excluding hydrogens is 486 g/mol. The van der Waals surface area contributed by atoms with E-state index in [1.165, 1.54) is 13.2 Å². The maximum Gasteiger partial charge on any atom is 0.354 e. The van der Waals surface area contributed by atoms with Gasteiger partial charge in [-0.1, -0.05) is 30.3 Å². The van der Waals surface area contributed by atoms with Gasteiger partial charge in [0, 0.05) is 18.4 Å². The lowest BCUT2D eigenvalue weighted by atomic mass is 9.99. The van der Waals surface area contributed by atoms with E-state index in [0.29, 0.717) is 22.4 Å². The van der Waals surface area contributed by atoms with Gasteiger partial charge in [0.1, 0.15) is 18.2 Å². The van der Waals surface area contributed by atoms with Gasteiger partial charge >= 0.3 is 16.1 Å². The molecule has 0 radical (unpaired) electrons. The summed E-state index contributed by atoms with van der Waals surface area (Å²) in [5.41, 5.74) is 7.53. The first-order valence-corrected chi connectivity index (χ1v) is 12.4. The number of nitrogens with two attached hydrogens (primary N) is 1. The van der Waals surface area contributed by atoms with Crippen LogP contribution in [0.2, 0.25) is 0 Å². The van der Waals surface area contributed by atoms with Crippen LogP contribution in [0.25, 0.3) is 11.1 Å². The first-order valence-electron chi connectivity index (χ1n) is 10.6. The minimum Gasteiger partial charge on any atom is -0.490 e. The number of methoxy groups -OCH3 is 1. The van der Waals surface area contributed by atoms with Gasteiger partial charge in [0.2, 0.25) is 0 Å². The third-order valence-electron chi connectivity index (χ3n) is 4.96. The fourth-order valence-electron chi connectivity index (χ4n) is 3.21. The lowest BCUT2D eigenvalue weighted by Gasteiger charge is -2.17. The van der Waals surface area contributed by atoms with Crippen molar-refractivity contribution in [3.63, 3.8) is 0 Å². The molecule has 1 amide bonds. The second-order valence-electron chi connectivity index (χ2n) is 7.66. The van der Waals surface area contributed by atoms with Crippen molar-refractivity contribution in [2.45, 2.75) is 6.10 Å². The molecule has 3 aromatic carbocycles. The van der Waals surface area contributed by atoms with E-state index in [1.807, 2.05) is 6.07 Å². The molecule has 188 valence electrons.